The van der Waals surface area contributed by atoms with Gasteiger partial charge in [-0.3, -0.25) is 4.90 Å². The van der Waals surface area contributed by atoms with Gasteiger partial charge in [0.05, 0.1) is 0 Å². The van der Waals surface area contributed by atoms with Crippen LogP contribution in [-0.4, -0.2) is 35.7 Å². The third-order valence-corrected chi connectivity index (χ3v) is 7.25. The first-order valence-electron chi connectivity index (χ1n) is 11.2. The molecule has 1 atom stereocenters. The monoisotopic (exact) mass is 426 g/mol. The second-order valence-electron chi connectivity index (χ2n) is 10.4. The molecule has 0 spiro atoms. The lowest BCUT2D eigenvalue weighted by molar-refractivity contribution is 0.0644. The summed E-state index contributed by atoms with van der Waals surface area (Å²) in [5.74, 6) is 1.17. The Morgan fingerprint density at radius 1 is 0.933 bits per heavy atom. The molecule has 2 aromatic carbocycles. The van der Waals surface area contributed by atoms with Gasteiger partial charge in [-0.1, -0.05) is 24.3 Å². The van der Waals surface area contributed by atoms with E-state index in [1.807, 2.05) is 0 Å². The van der Waals surface area contributed by atoms with Crippen LogP contribution in [-0.2, 0) is 25.7 Å². The van der Waals surface area contributed by atoms with Gasteiger partial charge in [-0.05, 0) is 81.7 Å². The molecule has 3 nitrogen and oxygen atoms in total. The first-order chi connectivity index (χ1) is 13.7. The highest BCUT2D eigenvalue weighted by atomic mass is 35.5. The van der Waals surface area contributed by atoms with Crippen LogP contribution in [0.4, 0.5) is 5.69 Å². The zero-order valence-electron chi connectivity index (χ0n) is 19.0. The summed E-state index contributed by atoms with van der Waals surface area (Å²) in [7, 11) is 0. The molecule has 0 amide bonds. The number of nitrogens with zero attached hydrogens (tertiary/aromatic N) is 1. The molecular formula is C26H35ClN2O. The summed E-state index contributed by atoms with van der Waals surface area (Å²) in [6, 6.07) is 8.94. The molecule has 0 aromatic heterocycles. The predicted molar refractivity (Wildman–Crippen MR) is 128 cm³/mol. The number of benzene rings is 2. The van der Waals surface area contributed by atoms with Gasteiger partial charge in [-0.15, -0.1) is 12.4 Å². The van der Waals surface area contributed by atoms with E-state index >= 15 is 0 Å². The van der Waals surface area contributed by atoms with E-state index in [0.717, 1.165) is 45.3 Å². The van der Waals surface area contributed by atoms with Crippen LogP contribution in [0.5, 0.6) is 5.75 Å². The quantitative estimate of drug-likeness (QED) is 0.708. The van der Waals surface area contributed by atoms with Gasteiger partial charge < -0.3 is 10.1 Å². The van der Waals surface area contributed by atoms with Crippen molar-refractivity contribution in [3.63, 3.8) is 0 Å². The Morgan fingerprint density at radius 2 is 1.57 bits per heavy atom. The number of anilines is 1. The van der Waals surface area contributed by atoms with Crippen LogP contribution in [0.1, 0.15) is 54.2 Å². The lowest BCUT2D eigenvalue weighted by atomic mass is 9.90. The minimum atomic E-state index is -0.140. The summed E-state index contributed by atoms with van der Waals surface area (Å²) in [5.41, 5.74) is 10.0. The normalized spacial score (nSPS) is 24.0. The highest BCUT2D eigenvalue weighted by Gasteiger charge is 2.42. The van der Waals surface area contributed by atoms with Gasteiger partial charge in [0.25, 0.3) is 0 Å². The zero-order valence-corrected chi connectivity index (χ0v) is 19.8. The van der Waals surface area contributed by atoms with Gasteiger partial charge in [0.15, 0.2) is 0 Å². The third kappa shape index (κ3) is 3.61. The summed E-state index contributed by atoms with van der Waals surface area (Å²) in [4.78, 5) is 2.62. The molecule has 0 saturated heterocycles. The van der Waals surface area contributed by atoms with Crippen molar-refractivity contribution >= 4 is 18.1 Å². The minimum absolute atomic E-state index is 0. The Bertz CT molecular complexity index is 911. The fraction of sp³-hybridized carbons (Fsp3) is 0.538. The largest absolute Gasteiger partial charge is 0.485 e. The topological polar surface area (TPSA) is 24.5 Å². The minimum Gasteiger partial charge on any atom is -0.485 e. The van der Waals surface area contributed by atoms with Crippen molar-refractivity contribution in [1.82, 2.24) is 4.90 Å². The van der Waals surface area contributed by atoms with Crippen LogP contribution in [0.15, 0.2) is 24.3 Å². The van der Waals surface area contributed by atoms with Crippen LogP contribution < -0.4 is 10.1 Å². The molecule has 162 valence electrons. The maximum Gasteiger partial charge on any atom is 0.127 e. The maximum atomic E-state index is 6.75. The van der Waals surface area contributed by atoms with Gasteiger partial charge in [-0.25, -0.2) is 0 Å². The highest BCUT2D eigenvalue weighted by Crippen LogP contribution is 2.48. The summed E-state index contributed by atoms with van der Waals surface area (Å²) in [5, 5.41) is 3.77. The molecule has 3 aliphatic heterocycles. The first-order valence-corrected chi connectivity index (χ1v) is 11.2. The van der Waals surface area contributed by atoms with Crippen LogP contribution in [0.3, 0.4) is 0 Å². The fourth-order valence-electron chi connectivity index (χ4n) is 5.75. The number of rotatable bonds is 2. The van der Waals surface area contributed by atoms with Crippen molar-refractivity contribution in [2.75, 3.05) is 25.0 Å². The number of hydrogen-bond acceptors (Lipinski definition) is 3. The first kappa shape index (κ1) is 21.5. The van der Waals surface area contributed by atoms with Gasteiger partial charge in [0.2, 0.25) is 0 Å². The molecule has 0 radical (unpaired) electrons. The smallest absolute Gasteiger partial charge is 0.127 e. The Balaban J connectivity index is 0.00000218. The molecule has 2 aromatic rings. The summed E-state index contributed by atoms with van der Waals surface area (Å²) in [6.07, 6.45) is 4.37. The SMILES string of the molecule is Cc1c2c(c(C)c3c1NC(C)(C)C3)OC(C)(CN1CCc3ccccc3CC1)C2.Cl. The molecule has 1 N–H and O–H groups in total. The molecule has 4 heteroatoms. The summed E-state index contributed by atoms with van der Waals surface area (Å²) >= 11 is 0. The van der Waals surface area contributed by atoms with Crippen molar-refractivity contribution in [3.8, 4) is 5.75 Å². The number of fused-ring (bicyclic) bond motifs is 3. The molecular weight excluding hydrogens is 392 g/mol. The van der Waals surface area contributed by atoms with E-state index in [1.165, 1.54) is 44.8 Å². The Kier molecular flexibility index (Phi) is 5.35. The lowest BCUT2D eigenvalue weighted by Gasteiger charge is -2.31. The number of nitrogens with one attached hydrogen (secondary N) is 1. The summed E-state index contributed by atoms with van der Waals surface area (Å²) in [6.45, 7) is 14.7. The number of ether oxygens (including phenoxy) is 1. The van der Waals surface area contributed by atoms with Crippen molar-refractivity contribution in [1.29, 1.82) is 0 Å². The third-order valence-electron chi connectivity index (χ3n) is 7.25. The molecule has 3 heterocycles. The van der Waals surface area contributed by atoms with Crippen molar-refractivity contribution < 1.29 is 4.74 Å². The van der Waals surface area contributed by atoms with Crippen LogP contribution >= 0.6 is 12.4 Å². The zero-order chi connectivity index (χ0) is 20.4. The molecule has 5 rings (SSSR count). The molecule has 0 aliphatic carbocycles. The predicted octanol–water partition coefficient (Wildman–Crippen LogP) is 5.27. The van der Waals surface area contributed by atoms with E-state index in [2.05, 4.69) is 69.1 Å². The van der Waals surface area contributed by atoms with Gasteiger partial charge in [0.1, 0.15) is 11.4 Å². The van der Waals surface area contributed by atoms with Gasteiger partial charge >= 0.3 is 0 Å². The Morgan fingerprint density at radius 3 is 2.20 bits per heavy atom. The average molecular weight is 427 g/mol. The maximum absolute atomic E-state index is 6.75. The van der Waals surface area contributed by atoms with Crippen LogP contribution in [0.2, 0.25) is 0 Å². The Hall–Kier alpha value is -1.71. The second-order valence-corrected chi connectivity index (χ2v) is 10.4. The Labute approximate surface area is 187 Å². The van der Waals surface area contributed by atoms with E-state index in [-0.39, 0.29) is 23.5 Å². The molecule has 30 heavy (non-hydrogen) atoms. The molecule has 0 bridgehead atoms. The van der Waals surface area contributed by atoms with Crippen LogP contribution in [0.25, 0.3) is 0 Å². The van der Waals surface area contributed by atoms with Crippen molar-refractivity contribution in [3.05, 3.63) is 57.6 Å². The van der Waals surface area contributed by atoms with Crippen LogP contribution in [0, 0.1) is 13.8 Å². The van der Waals surface area contributed by atoms with E-state index in [0.29, 0.717) is 0 Å². The van der Waals surface area contributed by atoms with E-state index in [4.69, 9.17) is 4.74 Å². The standard InChI is InChI=1S/C26H34N2O.ClH/c1-17-22-15-26(5,16-28-12-10-19-8-6-7-9-20(19)11-13-28)29-24(22)18(2)21-14-25(3,4)27-23(17)21;/h6-9,27H,10-16H2,1-5H3;1H. The lowest BCUT2D eigenvalue weighted by Crippen LogP contribution is -2.45. The molecule has 1 unspecified atom stereocenters. The molecule has 3 aliphatic rings. The van der Waals surface area contributed by atoms with Gasteiger partial charge in [-0.2, -0.15) is 0 Å². The van der Waals surface area contributed by atoms with Crippen molar-refractivity contribution in [2.45, 2.75) is 71.4 Å². The average Bonchev–Trinajstić information content (AvgIpc) is 3.12. The van der Waals surface area contributed by atoms with Crippen molar-refractivity contribution in [2.24, 2.45) is 0 Å². The molecule has 0 saturated carbocycles. The fourth-order valence-corrected chi connectivity index (χ4v) is 5.75. The van der Waals surface area contributed by atoms with E-state index in [9.17, 15) is 0 Å². The number of halogens is 1. The van der Waals surface area contributed by atoms with Gasteiger partial charge in [0, 0.05) is 42.8 Å². The second kappa shape index (κ2) is 7.46. The van der Waals surface area contributed by atoms with E-state index < -0.39 is 0 Å². The highest BCUT2D eigenvalue weighted by molar-refractivity contribution is 5.85. The molecule has 0 fully saturated rings. The number of hydrogen-bond donors (Lipinski definition) is 1. The summed E-state index contributed by atoms with van der Waals surface area (Å²) < 4.78 is 6.75. The van der Waals surface area contributed by atoms with E-state index in [1.54, 1.807) is 0 Å².